The van der Waals surface area contributed by atoms with Crippen LogP contribution in [0.2, 0.25) is 0 Å². The van der Waals surface area contributed by atoms with Gasteiger partial charge in [0, 0.05) is 18.7 Å². The third-order valence-corrected chi connectivity index (χ3v) is 2.35. The lowest BCUT2D eigenvalue weighted by atomic mass is 10.2. The molecule has 1 aromatic rings. The monoisotopic (exact) mass is 264 g/mol. The Labute approximate surface area is 115 Å². The number of ether oxygens (including phenoxy) is 1. The molecule has 0 heterocycles. The van der Waals surface area contributed by atoms with Crippen molar-refractivity contribution in [3.05, 3.63) is 24.3 Å². The molecule has 0 aliphatic rings. The molecule has 0 unspecified atom stereocenters. The molecule has 4 heteroatoms. The van der Waals surface area contributed by atoms with Gasteiger partial charge < -0.3 is 15.0 Å². The number of anilines is 1. The predicted octanol–water partition coefficient (Wildman–Crippen LogP) is 2.75. The van der Waals surface area contributed by atoms with E-state index in [2.05, 4.69) is 5.32 Å². The van der Waals surface area contributed by atoms with Crippen LogP contribution in [0.4, 0.5) is 5.69 Å². The largest absolute Gasteiger partial charge is 0.488 e. The summed E-state index contributed by atoms with van der Waals surface area (Å²) in [6.07, 6.45) is 0.493. The minimum absolute atomic E-state index is 0.0261. The quantitative estimate of drug-likeness (QED) is 0.889. The molecule has 0 bridgehead atoms. The minimum Gasteiger partial charge on any atom is -0.488 e. The standard InChI is InChI=1S/C15H24N2O2/c1-15(2,3)19-13-8-6-12(7-9-13)16-14(18)10-11-17(4)5/h6-9H,10-11H2,1-5H3,(H,16,18). The second kappa shape index (κ2) is 6.57. The molecule has 106 valence electrons. The smallest absolute Gasteiger partial charge is 0.225 e. The highest BCUT2D eigenvalue weighted by molar-refractivity contribution is 5.90. The molecule has 1 amide bonds. The van der Waals surface area contributed by atoms with E-state index in [1.807, 2.05) is 64.0 Å². The first-order valence-electron chi connectivity index (χ1n) is 6.50. The summed E-state index contributed by atoms with van der Waals surface area (Å²) in [7, 11) is 3.90. The second-order valence-corrected chi connectivity index (χ2v) is 5.84. The van der Waals surface area contributed by atoms with Gasteiger partial charge in [-0.3, -0.25) is 4.79 Å². The van der Waals surface area contributed by atoms with Gasteiger partial charge in [-0.05, 0) is 59.1 Å². The van der Waals surface area contributed by atoms with Crippen LogP contribution >= 0.6 is 0 Å². The van der Waals surface area contributed by atoms with E-state index >= 15 is 0 Å². The number of nitrogens with one attached hydrogen (secondary N) is 1. The van der Waals surface area contributed by atoms with Gasteiger partial charge in [-0.25, -0.2) is 0 Å². The Bertz CT molecular complexity index is 405. The van der Waals surface area contributed by atoms with Crippen LogP contribution in [0.25, 0.3) is 0 Å². The average Bonchev–Trinajstić information content (AvgIpc) is 2.27. The fourth-order valence-electron chi connectivity index (χ4n) is 1.51. The molecule has 0 spiro atoms. The molecule has 0 aromatic heterocycles. The average molecular weight is 264 g/mol. The molecule has 0 radical (unpaired) electrons. The van der Waals surface area contributed by atoms with Gasteiger partial charge in [0.05, 0.1) is 0 Å². The first-order valence-corrected chi connectivity index (χ1v) is 6.50. The molecule has 0 aliphatic heterocycles. The van der Waals surface area contributed by atoms with Crippen LogP contribution in [0.5, 0.6) is 5.75 Å². The van der Waals surface area contributed by atoms with Crippen molar-refractivity contribution in [2.75, 3.05) is 26.0 Å². The molecule has 0 fully saturated rings. The topological polar surface area (TPSA) is 41.6 Å². The van der Waals surface area contributed by atoms with Crippen molar-refractivity contribution in [2.24, 2.45) is 0 Å². The fourth-order valence-corrected chi connectivity index (χ4v) is 1.51. The first kappa shape index (κ1) is 15.5. The van der Waals surface area contributed by atoms with Crippen LogP contribution < -0.4 is 10.1 Å². The molecular weight excluding hydrogens is 240 g/mol. The van der Waals surface area contributed by atoms with Gasteiger partial charge in [-0.1, -0.05) is 0 Å². The number of benzene rings is 1. The zero-order valence-electron chi connectivity index (χ0n) is 12.5. The van der Waals surface area contributed by atoms with Crippen molar-refractivity contribution in [3.8, 4) is 5.75 Å². The number of carbonyl (C=O) groups is 1. The maximum Gasteiger partial charge on any atom is 0.225 e. The highest BCUT2D eigenvalue weighted by atomic mass is 16.5. The first-order chi connectivity index (χ1) is 8.76. The third kappa shape index (κ3) is 6.82. The molecule has 0 aliphatic carbocycles. The number of rotatable bonds is 5. The molecule has 0 atom stereocenters. The van der Waals surface area contributed by atoms with Gasteiger partial charge in [-0.15, -0.1) is 0 Å². The van der Waals surface area contributed by atoms with Crippen molar-refractivity contribution in [3.63, 3.8) is 0 Å². The Morgan fingerprint density at radius 2 is 1.79 bits per heavy atom. The number of nitrogens with zero attached hydrogens (tertiary/aromatic N) is 1. The zero-order chi connectivity index (χ0) is 14.5. The summed E-state index contributed by atoms with van der Waals surface area (Å²) in [5.41, 5.74) is 0.584. The van der Waals surface area contributed by atoms with E-state index in [0.29, 0.717) is 6.42 Å². The van der Waals surface area contributed by atoms with Gasteiger partial charge >= 0.3 is 0 Å². The summed E-state index contributed by atoms with van der Waals surface area (Å²) in [5, 5.41) is 2.87. The second-order valence-electron chi connectivity index (χ2n) is 5.84. The van der Waals surface area contributed by atoms with E-state index in [1.165, 1.54) is 0 Å². The van der Waals surface area contributed by atoms with Crippen molar-refractivity contribution in [1.29, 1.82) is 0 Å². The van der Waals surface area contributed by atoms with Gasteiger partial charge in [-0.2, -0.15) is 0 Å². The number of hydrogen-bond donors (Lipinski definition) is 1. The third-order valence-electron chi connectivity index (χ3n) is 2.35. The zero-order valence-corrected chi connectivity index (χ0v) is 12.5. The van der Waals surface area contributed by atoms with Gasteiger partial charge in [0.2, 0.25) is 5.91 Å². The molecule has 19 heavy (non-hydrogen) atoms. The fraction of sp³-hybridized carbons (Fsp3) is 0.533. The van der Waals surface area contributed by atoms with Crippen LogP contribution in [-0.2, 0) is 4.79 Å². The normalized spacial score (nSPS) is 11.5. The molecule has 1 rings (SSSR count). The van der Waals surface area contributed by atoms with E-state index in [1.54, 1.807) is 0 Å². The summed E-state index contributed by atoms with van der Waals surface area (Å²) in [4.78, 5) is 13.6. The predicted molar refractivity (Wildman–Crippen MR) is 78.6 cm³/mol. The van der Waals surface area contributed by atoms with Crippen molar-refractivity contribution in [1.82, 2.24) is 4.90 Å². The van der Waals surface area contributed by atoms with Crippen molar-refractivity contribution < 1.29 is 9.53 Å². The van der Waals surface area contributed by atoms with E-state index in [-0.39, 0.29) is 11.5 Å². The number of amides is 1. The minimum atomic E-state index is -0.212. The number of carbonyl (C=O) groups excluding carboxylic acids is 1. The SMILES string of the molecule is CN(C)CCC(=O)Nc1ccc(OC(C)(C)C)cc1. The van der Waals surface area contributed by atoms with Crippen molar-refractivity contribution in [2.45, 2.75) is 32.8 Å². The molecular formula is C15H24N2O2. The molecule has 0 saturated carbocycles. The Balaban J connectivity index is 2.50. The maximum atomic E-state index is 11.7. The van der Waals surface area contributed by atoms with Crippen LogP contribution in [-0.4, -0.2) is 37.0 Å². The van der Waals surface area contributed by atoms with E-state index < -0.39 is 0 Å². The Kier molecular flexibility index (Phi) is 5.36. The maximum absolute atomic E-state index is 11.7. The van der Waals surface area contributed by atoms with Crippen LogP contribution in [0.3, 0.4) is 0 Å². The van der Waals surface area contributed by atoms with Crippen LogP contribution in [0.15, 0.2) is 24.3 Å². The lowest BCUT2D eigenvalue weighted by molar-refractivity contribution is -0.116. The molecule has 1 aromatic carbocycles. The van der Waals surface area contributed by atoms with Gasteiger partial charge in [0.25, 0.3) is 0 Å². The van der Waals surface area contributed by atoms with Gasteiger partial charge in [0.1, 0.15) is 11.4 Å². The molecule has 0 saturated heterocycles. The number of hydrogen-bond acceptors (Lipinski definition) is 3. The molecule has 4 nitrogen and oxygen atoms in total. The van der Waals surface area contributed by atoms with Crippen molar-refractivity contribution >= 4 is 11.6 Å². The lowest BCUT2D eigenvalue weighted by Gasteiger charge is -2.21. The van der Waals surface area contributed by atoms with Gasteiger partial charge in [0.15, 0.2) is 0 Å². The Morgan fingerprint density at radius 3 is 2.26 bits per heavy atom. The van der Waals surface area contributed by atoms with E-state index in [4.69, 9.17) is 4.74 Å². The summed E-state index contributed by atoms with van der Waals surface area (Å²) >= 11 is 0. The summed E-state index contributed by atoms with van der Waals surface area (Å²) in [6.45, 7) is 6.76. The summed E-state index contributed by atoms with van der Waals surface area (Å²) in [6, 6.07) is 7.45. The summed E-state index contributed by atoms with van der Waals surface area (Å²) < 4.78 is 5.72. The lowest BCUT2D eigenvalue weighted by Crippen LogP contribution is -2.23. The Morgan fingerprint density at radius 1 is 1.21 bits per heavy atom. The highest BCUT2D eigenvalue weighted by Gasteiger charge is 2.11. The highest BCUT2D eigenvalue weighted by Crippen LogP contribution is 2.20. The van der Waals surface area contributed by atoms with Crippen LogP contribution in [0, 0.1) is 0 Å². The summed E-state index contributed by atoms with van der Waals surface area (Å²) in [5.74, 6) is 0.831. The van der Waals surface area contributed by atoms with E-state index in [9.17, 15) is 4.79 Å². The van der Waals surface area contributed by atoms with Crippen LogP contribution in [0.1, 0.15) is 27.2 Å². The Hall–Kier alpha value is -1.55. The van der Waals surface area contributed by atoms with E-state index in [0.717, 1.165) is 18.0 Å². The molecule has 1 N–H and O–H groups in total.